The van der Waals surface area contributed by atoms with Gasteiger partial charge < -0.3 is 5.11 Å². The van der Waals surface area contributed by atoms with Gasteiger partial charge >= 0.3 is 0 Å². The number of rotatable bonds is 2. The maximum atomic E-state index is 11.6. The van der Waals surface area contributed by atoms with Gasteiger partial charge in [-0.3, -0.25) is 0 Å². The summed E-state index contributed by atoms with van der Waals surface area (Å²) in [6.45, 7) is 5.55. The number of hydrogen-bond acceptors (Lipinski definition) is 3. The van der Waals surface area contributed by atoms with Crippen LogP contribution in [0.4, 0.5) is 5.69 Å². The van der Waals surface area contributed by atoms with Crippen LogP contribution in [0.5, 0.6) is 5.75 Å². The first-order chi connectivity index (χ1) is 6.07. The molecule has 0 amide bonds. The zero-order chi connectivity index (χ0) is 10.0. The van der Waals surface area contributed by atoms with Crippen molar-refractivity contribution in [2.45, 2.75) is 26.7 Å². The SMILES string of the molecule is Cc1ccc(C(C)C)c([O-])c1N=O. The lowest BCUT2D eigenvalue weighted by atomic mass is 9.99. The Morgan fingerprint density at radius 2 is 2.00 bits per heavy atom. The van der Waals surface area contributed by atoms with Gasteiger partial charge in [-0.2, -0.15) is 0 Å². The maximum Gasteiger partial charge on any atom is 0.103 e. The number of nitroso groups, excluding NO2 is 1. The van der Waals surface area contributed by atoms with Crippen molar-refractivity contribution in [2.75, 3.05) is 0 Å². The van der Waals surface area contributed by atoms with Gasteiger partial charge in [-0.25, -0.2) is 0 Å². The molecule has 0 saturated carbocycles. The lowest BCUT2D eigenvalue weighted by Gasteiger charge is -2.18. The van der Waals surface area contributed by atoms with Crippen molar-refractivity contribution in [3.05, 3.63) is 28.2 Å². The van der Waals surface area contributed by atoms with Crippen molar-refractivity contribution in [1.82, 2.24) is 0 Å². The predicted molar refractivity (Wildman–Crippen MR) is 50.2 cm³/mol. The standard InChI is InChI=1S/C10H13NO2/c1-6(2)8-5-4-7(3)9(11-13)10(8)12/h4-6,12H,1-3H3/p-1. The highest BCUT2D eigenvalue weighted by Gasteiger charge is 2.06. The van der Waals surface area contributed by atoms with E-state index >= 15 is 0 Å². The van der Waals surface area contributed by atoms with Gasteiger partial charge in [0, 0.05) is 0 Å². The smallest absolute Gasteiger partial charge is 0.103 e. The van der Waals surface area contributed by atoms with Crippen LogP contribution in [0.15, 0.2) is 17.3 Å². The third-order valence-electron chi connectivity index (χ3n) is 2.08. The van der Waals surface area contributed by atoms with Crippen LogP contribution >= 0.6 is 0 Å². The van der Waals surface area contributed by atoms with Gasteiger partial charge in [-0.15, -0.1) is 4.91 Å². The normalized spacial score (nSPS) is 10.5. The highest BCUT2D eigenvalue weighted by atomic mass is 16.3. The molecule has 0 bridgehead atoms. The number of hydrogen-bond donors (Lipinski definition) is 0. The summed E-state index contributed by atoms with van der Waals surface area (Å²) in [6.07, 6.45) is 0. The van der Waals surface area contributed by atoms with Gasteiger partial charge in [0.15, 0.2) is 0 Å². The van der Waals surface area contributed by atoms with Gasteiger partial charge in [0.05, 0.1) is 0 Å². The fourth-order valence-electron chi connectivity index (χ4n) is 1.25. The maximum absolute atomic E-state index is 11.6. The fourth-order valence-corrected chi connectivity index (χ4v) is 1.25. The van der Waals surface area contributed by atoms with E-state index in [1.165, 1.54) is 0 Å². The molecule has 1 aromatic rings. The molecule has 0 aliphatic heterocycles. The van der Waals surface area contributed by atoms with E-state index in [4.69, 9.17) is 0 Å². The van der Waals surface area contributed by atoms with Crippen molar-refractivity contribution in [3.63, 3.8) is 0 Å². The quantitative estimate of drug-likeness (QED) is 0.653. The second-order valence-corrected chi connectivity index (χ2v) is 3.40. The van der Waals surface area contributed by atoms with Gasteiger partial charge in [-0.1, -0.05) is 37.3 Å². The number of benzene rings is 1. The molecule has 0 atom stereocenters. The van der Waals surface area contributed by atoms with E-state index in [9.17, 15) is 10.0 Å². The molecule has 0 radical (unpaired) electrons. The summed E-state index contributed by atoms with van der Waals surface area (Å²) in [5, 5.41) is 14.3. The minimum atomic E-state index is -0.231. The van der Waals surface area contributed by atoms with Crippen LogP contribution in [0.3, 0.4) is 0 Å². The monoisotopic (exact) mass is 178 g/mol. The lowest BCUT2D eigenvalue weighted by Crippen LogP contribution is -1.99. The Hall–Kier alpha value is -1.38. The highest BCUT2D eigenvalue weighted by molar-refractivity contribution is 5.60. The van der Waals surface area contributed by atoms with E-state index in [-0.39, 0.29) is 17.4 Å². The van der Waals surface area contributed by atoms with Crippen LogP contribution in [-0.4, -0.2) is 0 Å². The van der Waals surface area contributed by atoms with E-state index < -0.39 is 0 Å². The second kappa shape index (κ2) is 3.56. The molecule has 0 spiro atoms. The van der Waals surface area contributed by atoms with Crippen molar-refractivity contribution in [3.8, 4) is 5.75 Å². The van der Waals surface area contributed by atoms with E-state index in [1.807, 2.05) is 13.8 Å². The van der Waals surface area contributed by atoms with Crippen LogP contribution in [0.1, 0.15) is 30.9 Å². The summed E-state index contributed by atoms with van der Waals surface area (Å²) in [7, 11) is 0. The molecule has 0 heterocycles. The minimum absolute atomic E-state index is 0.0474. The van der Waals surface area contributed by atoms with Crippen molar-refractivity contribution in [1.29, 1.82) is 0 Å². The summed E-state index contributed by atoms with van der Waals surface area (Å²) >= 11 is 0. The van der Waals surface area contributed by atoms with Crippen LogP contribution in [0, 0.1) is 11.8 Å². The van der Waals surface area contributed by atoms with E-state index in [1.54, 1.807) is 19.1 Å². The minimum Gasteiger partial charge on any atom is -0.871 e. The fraction of sp³-hybridized carbons (Fsp3) is 0.400. The summed E-state index contributed by atoms with van der Waals surface area (Å²) in [5.41, 5.74) is 1.34. The van der Waals surface area contributed by atoms with Crippen LogP contribution in [0.25, 0.3) is 0 Å². The van der Waals surface area contributed by atoms with E-state index in [2.05, 4.69) is 5.18 Å². The summed E-state index contributed by atoms with van der Waals surface area (Å²) < 4.78 is 0. The average molecular weight is 178 g/mol. The molecule has 3 heteroatoms. The molecule has 3 nitrogen and oxygen atoms in total. The summed E-state index contributed by atoms with van der Waals surface area (Å²) in [4.78, 5) is 10.4. The Kier molecular flexibility index (Phi) is 2.66. The van der Waals surface area contributed by atoms with E-state index in [0.717, 1.165) is 0 Å². The molecule has 13 heavy (non-hydrogen) atoms. The molecule has 0 unspecified atom stereocenters. The topological polar surface area (TPSA) is 52.5 Å². The Balaban J connectivity index is 3.35. The van der Waals surface area contributed by atoms with E-state index in [0.29, 0.717) is 11.1 Å². The summed E-state index contributed by atoms with van der Waals surface area (Å²) in [6, 6.07) is 3.52. The lowest BCUT2D eigenvalue weighted by molar-refractivity contribution is -0.268. The molecule has 0 aliphatic rings. The third kappa shape index (κ3) is 1.69. The molecule has 0 N–H and O–H groups in total. The number of nitrogens with zero attached hydrogens (tertiary/aromatic N) is 1. The molecule has 0 saturated heterocycles. The second-order valence-electron chi connectivity index (χ2n) is 3.40. The van der Waals surface area contributed by atoms with Gasteiger partial charge in [0.1, 0.15) is 5.69 Å². The average Bonchev–Trinajstić information content (AvgIpc) is 2.04. The molecule has 1 rings (SSSR count). The molecular weight excluding hydrogens is 166 g/mol. The Morgan fingerprint density at radius 3 is 2.46 bits per heavy atom. The molecule has 0 fully saturated rings. The van der Waals surface area contributed by atoms with Gasteiger partial charge in [0.25, 0.3) is 0 Å². The number of aryl methyl sites for hydroxylation is 1. The van der Waals surface area contributed by atoms with Crippen molar-refractivity contribution in [2.24, 2.45) is 5.18 Å². The zero-order valence-electron chi connectivity index (χ0n) is 8.00. The Bertz CT molecular complexity index is 332. The first-order valence-electron chi connectivity index (χ1n) is 4.21. The Labute approximate surface area is 77.4 Å². The van der Waals surface area contributed by atoms with Gasteiger partial charge in [-0.05, 0) is 23.6 Å². The first-order valence-corrected chi connectivity index (χ1v) is 4.21. The van der Waals surface area contributed by atoms with Crippen molar-refractivity contribution < 1.29 is 5.11 Å². The molecular formula is C10H12NO2-. The van der Waals surface area contributed by atoms with Crippen LogP contribution in [-0.2, 0) is 0 Å². The third-order valence-corrected chi connectivity index (χ3v) is 2.08. The molecule has 0 aliphatic carbocycles. The van der Waals surface area contributed by atoms with Crippen LogP contribution in [0.2, 0.25) is 0 Å². The molecule has 70 valence electrons. The molecule has 0 aromatic heterocycles. The van der Waals surface area contributed by atoms with Gasteiger partial charge in [0.2, 0.25) is 0 Å². The zero-order valence-corrected chi connectivity index (χ0v) is 8.00. The van der Waals surface area contributed by atoms with Crippen LogP contribution < -0.4 is 5.11 Å². The molecule has 1 aromatic carbocycles. The first kappa shape index (κ1) is 9.71. The largest absolute Gasteiger partial charge is 0.871 e. The predicted octanol–water partition coefficient (Wildman–Crippen LogP) is 2.59. The summed E-state index contributed by atoms with van der Waals surface area (Å²) in [5.74, 6) is -0.0985. The Morgan fingerprint density at radius 1 is 1.38 bits per heavy atom. The van der Waals surface area contributed by atoms with Crippen molar-refractivity contribution >= 4 is 5.69 Å². The highest BCUT2D eigenvalue weighted by Crippen LogP contribution is 2.34.